The molecule has 0 fully saturated rings. The fraction of sp³-hybridized carbons (Fsp3) is 0.192. The Balaban J connectivity index is 1.59. The summed E-state index contributed by atoms with van der Waals surface area (Å²) < 4.78 is 11.8. The second-order valence-electron chi connectivity index (χ2n) is 7.75. The third-order valence-electron chi connectivity index (χ3n) is 4.74. The molecule has 170 valence electrons. The Morgan fingerprint density at radius 2 is 1.82 bits per heavy atom. The maximum Gasteiger partial charge on any atom is 0.343 e. The Morgan fingerprint density at radius 3 is 2.52 bits per heavy atom. The molecule has 0 heterocycles. The Labute approximate surface area is 201 Å². The van der Waals surface area contributed by atoms with E-state index in [-0.39, 0.29) is 6.61 Å². The number of benzene rings is 3. The van der Waals surface area contributed by atoms with Crippen molar-refractivity contribution in [2.75, 3.05) is 6.61 Å². The normalized spacial score (nSPS) is 10.9. The van der Waals surface area contributed by atoms with Crippen LogP contribution in [-0.4, -0.2) is 24.7 Å². The quantitative estimate of drug-likeness (QED) is 0.185. The summed E-state index contributed by atoms with van der Waals surface area (Å²) in [6.07, 6.45) is 1.42. The van der Waals surface area contributed by atoms with E-state index in [2.05, 4.69) is 40.3 Å². The number of hydrogen-bond acceptors (Lipinski definition) is 5. The summed E-state index contributed by atoms with van der Waals surface area (Å²) in [7, 11) is 0. The average molecular weight is 509 g/mol. The first kappa shape index (κ1) is 24.2. The molecule has 0 aliphatic heterocycles. The number of hydrazone groups is 1. The van der Waals surface area contributed by atoms with Gasteiger partial charge in [0.15, 0.2) is 6.61 Å². The van der Waals surface area contributed by atoms with E-state index >= 15 is 0 Å². The van der Waals surface area contributed by atoms with Crippen LogP contribution in [0.5, 0.6) is 11.5 Å². The Morgan fingerprint density at radius 1 is 1.06 bits per heavy atom. The minimum atomic E-state index is -0.475. The summed E-state index contributed by atoms with van der Waals surface area (Å²) in [4.78, 5) is 24.6. The lowest BCUT2D eigenvalue weighted by molar-refractivity contribution is -0.123. The zero-order valence-electron chi connectivity index (χ0n) is 18.7. The molecule has 3 aromatic rings. The lowest BCUT2D eigenvalue weighted by atomic mass is 10.0. The molecular weight excluding hydrogens is 484 g/mol. The smallest absolute Gasteiger partial charge is 0.343 e. The molecule has 0 aromatic heterocycles. The van der Waals surface area contributed by atoms with Crippen molar-refractivity contribution in [1.29, 1.82) is 0 Å². The third kappa shape index (κ3) is 7.29. The van der Waals surface area contributed by atoms with Gasteiger partial charge in [-0.15, -0.1) is 0 Å². The maximum atomic E-state index is 12.5. The van der Waals surface area contributed by atoms with E-state index in [0.717, 1.165) is 10.0 Å². The first-order valence-electron chi connectivity index (χ1n) is 10.4. The van der Waals surface area contributed by atoms with Gasteiger partial charge in [0, 0.05) is 10.0 Å². The number of esters is 1. The average Bonchev–Trinajstić information content (AvgIpc) is 2.79. The predicted molar refractivity (Wildman–Crippen MR) is 132 cm³/mol. The fourth-order valence-electron chi connectivity index (χ4n) is 2.95. The van der Waals surface area contributed by atoms with Gasteiger partial charge in [0.25, 0.3) is 5.91 Å². The predicted octanol–water partition coefficient (Wildman–Crippen LogP) is 5.63. The molecule has 0 saturated carbocycles. The molecule has 1 amide bonds. The molecule has 0 bridgehead atoms. The highest BCUT2D eigenvalue weighted by Gasteiger charge is 2.12. The highest BCUT2D eigenvalue weighted by atomic mass is 79.9. The SMILES string of the molecule is Cc1cccc(C(=O)Oc2ccc(Br)cc2C=NNC(=O)COc2ccc(C(C)C)cc2)c1. The molecule has 0 aliphatic carbocycles. The highest BCUT2D eigenvalue weighted by Crippen LogP contribution is 2.23. The van der Waals surface area contributed by atoms with Gasteiger partial charge in [-0.05, 0) is 60.9 Å². The van der Waals surface area contributed by atoms with Gasteiger partial charge in [0.05, 0.1) is 11.8 Å². The van der Waals surface area contributed by atoms with Crippen LogP contribution in [0.2, 0.25) is 0 Å². The van der Waals surface area contributed by atoms with Crippen molar-refractivity contribution in [3.8, 4) is 11.5 Å². The van der Waals surface area contributed by atoms with E-state index in [1.807, 2.05) is 37.3 Å². The first-order valence-corrected chi connectivity index (χ1v) is 11.2. The van der Waals surface area contributed by atoms with Crippen molar-refractivity contribution in [1.82, 2.24) is 5.43 Å². The molecule has 7 heteroatoms. The molecular formula is C26H25BrN2O4. The number of ether oxygens (including phenoxy) is 2. The molecule has 0 atom stereocenters. The van der Waals surface area contributed by atoms with Gasteiger partial charge in [-0.3, -0.25) is 4.79 Å². The van der Waals surface area contributed by atoms with Crippen molar-refractivity contribution in [3.63, 3.8) is 0 Å². The monoisotopic (exact) mass is 508 g/mol. The van der Waals surface area contributed by atoms with E-state index in [1.165, 1.54) is 11.8 Å². The third-order valence-corrected chi connectivity index (χ3v) is 5.23. The number of nitrogens with one attached hydrogen (secondary N) is 1. The number of rotatable bonds is 8. The van der Waals surface area contributed by atoms with Gasteiger partial charge in [-0.1, -0.05) is 59.6 Å². The lowest BCUT2D eigenvalue weighted by Crippen LogP contribution is -2.24. The second-order valence-corrected chi connectivity index (χ2v) is 8.66. The van der Waals surface area contributed by atoms with E-state index in [4.69, 9.17) is 9.47 Å². The van der Waals surface area contributed by atoms with Crippen molar-refractivity contribution >= 4 is 34.0 Å². The van der Waals surface area contributed by atoms with Gasteiger partial charge < -0.3 is 9.47 Å². The van der Waals surface area contributed by atoms with Crippen LogP contribution in [0.4, 0.5) is 0 Å². The maximum absolute atomic E-state index is 12.5. The van der Waals surface area contributed by atoms with Crippen LogP contribution in [0.25, 0.3) is 0 Å². The molecule has 33 heavy (non-hydrogen) atoms. The number of carbonyl (C=O) groups is 2. The van der Waals surface area contributed by atoms with E-state index in [0.29, 0.717) is 28.5 Å². The van der Waals surface area contributed by atoms with E-state index in [1.54, 1.807) is 36.4 Å². The molecule has 0 saturated heterocycles. The van der Waals surface area contributed by atoms with Crippen LogP contribution in [0.15, 0.2) is 76.3 Å². The molecule has 1 N–H and O–H groups in total. The van der Waals surface area contributed by atoms with Gasteiger partial charge in [0.2, 0.25) is 0 Å². The zero-order valence-corrected chi connectivity index (χ0v) is 20.3. The molecule has 3 aromatic carbocycles. The zero-order chi connectivity index (χ0) is 23.8. The summed E-state index contributed by atoms with van der Waals surface area (Å²) in [5.41, 5.74) is 5.55. The summed E-state index contributed by atoms with van der Waals surface area (Å²) >= 11 is 3.39. The first-order chi connectivity index (χ1) is 15.8. The van der Waals surface area contributed by atoms with Gasteiger partial charge in [0.1, 0.15) is 11.5 Å². The summed E-state index contributed by atoms with van der Waals surface area (Å²) in [5.74, 6) is 0.472. The minimum absolute atomic E-state index is 0.175. The Hall–Kier alpha value is -3.45. The number of nitrogens with zero attached hydrogens (tertiary/aromatic N) is 1. The molecule has 0 spiro atoms. The van der Waals surface area contributed by atoms with Crippen molar-refractivity contribution in [3.05, 3.63) is 93.5 Å². The molecule has 0 aliphatic rings. The van der Waals surface area contributed by atoms with Crippen LogP contribution >= 0.6 is 15.9 Å². The summed E-state index contributed by atoms with van der Waals surface area (Å²) in [6, 6.07) is 19.9. The van der Waals surface area contributed by atoms with Crippen LogP contribution in [0.3, 0.4) is 0 Å². The topological polar surface area (TPSA) is 77.0 Å². The standard InChI is InChI=1S/C26H25BrN2O4/c1-17(2)19-7-10-23(11-8-19)32-16-25(30)29-28-15-21-14-22(27)9-12-24(21)33-26(31)20-6-4-5-18(3)13-20/h4-15,17H,16H2,1-3H3,(H,29,30). The van der Waals surface area contributed by atoms with Gasteiger partial charge >= 0.3 is 5.97 Å². The van der Waals surface area contributed by atoms with E-state index < -0.39 is 11.9 Å². The van der Waals surface area contributed by atoms with Crippen molar-refractivity contribution < 1.29 is 19.1 Å². The van der Waals surface area contributed by atoms with Crippen LogP contribution in [-0.2, 0) is 4.79 Å². The molecule has 0 radical (unpaired) electrons. The summed E-state index contributed by atoms with van der Waals surface area (Å²) in [6.45, 7) is 5.96. The number of aryl methyl sites for hydroxylation is 1. The van der Waals surface area contributed by atoms with Gasteiger partial charge in [-0.2, -0.15) is 5.10 Å². The van der Waals surface area contributed by atoms with Crippen LogP contribution in [0.1, 0.15) is 46.8 Å². The van der Waals surface area contributed by atoms with Crippen LogP contribution in [0, 0.1) is 6.92 Å². The van der Waals surface area contributed by atoms with Gasteiger partial charge in [-0.25, -0.2) is 10.2 Å². The molecule has 0 unspecified atom stereocenters. The fourth-order valence-corrected chi connectivity index (χ4v) is 3.33. The van der Waals surface area contributed by atoms with Crippen molar-refractivity contribution in [2.45, 2.75) is 26.7 Å². The molecule has 6 nitrogen and oxygen atoms in total. The number of amides is 1. The minimum Gasteiger partial charge on any atom is -0.484 e. The van der Waals surface area contributed by atoms with Crippen molar-refractivity contribution in [2.24, 2.45) is 5.10 Å². The number of halogens is 1. The lowest BCUT2D eigenvalue weighted by Gasteiger charge is -2.09. The Kier molecular flexibility index (Phi) is 8.38. The summed E-state index contributed by atoms with van der Waals surface area (Å²) in [5, 5.41) is 3.97. The highest BCUT2D eigenvalue weighted by molar-refractivity contribution is 9.10. The second kappa shape index (κ2) is 11.4. The Bertz CT molecular complexity index is 1160. The largest absolute Gasteiger partial charge is 0.484 e. The number of hydrogen-bond donors (Lipinski definition) is 1. The van der Waals surface area contributed by atoms with Crippen LogP contribution < -0.4 is 14.9 Å². The number of carbonyl (C=O) groups excluding carboxylic acids is 2. The van der Waals surface area contributed by atoms with E-state index in [9.17, 15) is 9.59 Å². The molecule has 3 rings (SSSR count).